The Morgan fingerprint density at radius 2 is 1.50 bits per heavy atom. The summed E-state index contributed by atoms with van der Waals surface area (Å²) in [6.45, 7) is 12.5. The van der Waals surface area contributed by atoms with Crippen LogP contribution in [0.4, 0.5) is 0 Å². The van der Waals surface area contributed by atoms with Gasteiger partial charge in [-0.3, -0.25) is 4.90 Å². The van der Waals surface area contributed by atoms with E-state index in [1.54, 1.807) is 0 Å². The van der Waals surface area contributed by atoms with Crippen LogP contribution in [0.3, 0.4) is 0 Å². The molecule has 0 aromatic rings. The minimum absolute atomic E-state index is 0.0702. The maximum absolute atomic E-state index is 11.6. The summed E-state index contributed by atoms with van der Waals surface area (Å²) in [5.74, 6) is 6.03. The van der Waals surface area contributed by atoms with Crippen molar-refractivity contribution < 1.29 is 14.6 Å². The largest absolute Gasteiger partial charge is 0.378 e. The number of aliphatic hydroxyl groups excluding tert-OH is 1. The van der Waals surface area contributed by atoms with Gasteiger partial charge in [0.15, 0.2) is 6.29 Å². The van der Waals surface area contributed by atoms with Gasteiger partial charge in [0.2, 0.25) is 0 Å². The zero-order chi connectivity index (χ0) is 23.6. The monoisotopic (exact) mass is 473 g/mol. The summed E-state index contributed by atoms with van der Waals surface area (Å²) in [5, 5.41) is 11.6. The maximum atomic E-state index is 11.6. The lowest BCUT2D eigenvalue weighted by molar-refractivity contribution is -0.263. The topological polar surface area (TPSA) is 41.9 Å². The van der Waals surface area contributed by atoms with Crippen molar-refractivity contribution >= 4 is 0 Å². The number of aliphatic hydroxyl groups is 1. The molecule has 2 bridgehead atoms. The summed E-state index contributed by atoms with van der Waals surface area (Å²) in [4.78, 5) is 2.62. The fourth-order valence-corrected chi connectivity index (χ4v) is 9.69. The molecule has 1 N–H and O–H groups in total. The summed E-state index contributed by atoms with van der Waals surface area (Å²) in [6, 6.07) is 0.605. The molecule has 4 aliphatic carbocycles. The van der Waals surface area contributed by atoms with Crippen molar-refractivity contribution in [1.82, 2.24) is 4.90 Å². The maximum Gasteiger partial charge on any atom is 0.160 e. The molecule has 0 radical (unpaired) electrons. The van der Waals surface area contributed by atoms with E-state index >= 15 is 0 Å². The number of hydrogen-bond donors (Lipinski definition) is 1. The Bertz CT molecular complexity index is 706. The fourth-order valence-electron chi connectivity index (χ4n) is 9.69. The van der Waals surface area contributed by atoms with Crippen molar-refractivity contribution in [3.05, 3.63) is 0 Å². The lowest BCUT2D eigenvalue weighted by Gasteiger charge is -2.47. The molecule has 7 atom stereocenters. The summed E-state index contributed by atoms with van der Waals surface area (Å²) < 4.78 is 12.9. The molecular formula is C30H51NO3. The molecule has 2 aliphatic heterocycles. The van der Waals surface area contributed by atoms with Crippen LogP contribution >= 0.6 is 0 Å². The Morgan fingerprint density at radius 1 is 0.824 bits per heavy atom. The van der Waals surface area contributed by atoms with Crippen molar-refractivity contribution in [1.29, 1.82) is 0 Å². The van der Waals surface area contributed by atoms with Gasteiger partial charge in [0.1, 0.15) is 6.23 Å². The van der Waals surface area contributed by atoms with Gasteiger partial charge in [-0.25, -0.2) is 0 Å². The number of likely N-dealkylation sites (tertiary alicyclic amines) is 1. The first-order chi connectivity index (χ1) is 16.4. The first-order valence-electron chi connectivity index (χ1n) is 15.0. The van der Waals surface area contributed by atoms with Gasteiger partial charge in [-0.1, -0.05) is 47.0 Å². The molecule has 2 saturated heterocycles. The quantitative estimate of drug-likeness (QED) is 0.519. The van der Waals surface area contributed by atoms with E-state index in [2.05, 4.69) is 32.6 Å². The van der Waals surface area contributed by atoms with Crippen LogP contribution in [0, 0.1) is 58.7 Å². The molecule has 4 saturated carbocycles. The molecule has 1 spiro atoms. The molecule has 6 aliphatic rings. The highest BCUT2D eigenvalue weighted by atomic mass is 16.7. The van der Waals surface area contributed by atoms with E-state index in [1.807, 2.05) is 0 Å². The van der Waals surface area contributed by atoms with E-state index in [0.29, 0.717) is 35.6 Å². The second-order valence-electron chi connectivity index (χ2n) is 14.2. The molecule has 0 aromatic carbocycles. The summed E-state index contributed by atoms with van der Waals surface area (Å²) >= 11 is 0. The van der Waals surface area contributed by atoms with Crippen LogP contribution in [0.1, 0.15) is 91.9 Å². The van der Waals surface area contributed by atoms with E-state index in [4.69, 9.17) is 9.47 Å². The standard InChI is InChI=1S/C30H51NO3/c1-18(2)25-26(19(3)4)28(32)31(27(25)20-10-11-20)15-23-13-24-12-22(23)14-30(24)16-33-29(34-17-30)21-8-6-5-7-9-21/h18-29,32H,5-17H2,1-4H3. The highest BCUT2D eigenvalue weighted by molar-refractivity contribution is 5.08. The normalized spacial score (nSPS) is 48.1. The van der Waals surface area contributed by atoms with Crippen LogP contribution in [0.25, 0.3) is 0 Å². The van der Waals surface area contributed by atoms with Crippen LogP contribution in [0.2, 0.25) is 0 Å². The fraction of sp³-hybridized carbons (Fsp3) is 1.00. The van der Waals surface area contributed by atoms with Gasteiger partial charge in [0.25, 0.3) is 0 Å². The van der Waals surface area contributed by atoms with Crippen LogP contribution in [-0.2, 0) is 9.47 Å². The zero-order valence-electron chi connectivity index (χ0n) is 22.3. The minimum atomic E-state index is -0.247. The van der Waals surface area contributed by atoms with Crippen LogP contribution < -0.4 is 0 Å². The first kappa shape index (κ1) is 24.2. The molecule has 34 heavy (non-hydrogen) atoms. The van der Waals surface area contributed by atoms with E-state index < -0.39 is 0 Å². The number of ether oxygens (including phenoxy) is 2. The molecule has 2 heterocycles. The van der Waals surface area contributed by atoms with E-state index in [-0.39, 0.29) is 17.9 Å². The van der Waals surface area contributed by atoms with Gasteiger partial charge >= 0.3 is 0 Å². The second-order valence-corrected chi connectivity index (χ2v) is 14.2. The zero-order valence-corrected chi connectivity index (χ0v) is 22.3. The Kier molecular flexibility index (Phi) is 6.62. The molecular weight excluding hydrogens is 422 g/mol. The third kappa shape index (κ3) is 4.11. The smallest absolute Gasteiger partial charge is 0.160 e. The average Bonchev–Trinajstić information content (AvgIpc) is 3.41. The minimum Gasteiger partial charge on any atom is -0.378 e. The first-order valence-corrected chi connectivity index (χ1v) is 15.0. The Morgan fingerprint density at radius 3 is 2.06 bits per heavy atom. The molecule has 4 heteroatoms. The van der Waals surface area contributed by atoms with Crippen molar-refractivity contribution in [2.75, 3.05) is 19.8 Å². The van der Waals surface area contributed by atoms with E-state index in [0.717, 1.165) is 43.4 Å². The van der Waals surface area contributed by atoms with Gasteiger partial charge in [-0.15, -0.1) is 0 Å². The molecule has 194 valence electrons. The second kappa shape index (κ2) is 9.30. The third-order valence-electron chi connectivity index (χ3n) is 11.5. The third-order valence-corrected chi connectivity index (χ3v) is 11.5. The highest BCUT2D eigenvalue weighted by Crippen LogP contribution is 2.61. The molecule has 6 rings (SSSR count). The number of rotatable bonds is 6. The van der Waals surface area contributed by atoms with Gasteiger partial charge in [-0.2, -0.15) is 0 Å². The summed E-state index contributed by atoms with van der Waals surface area (Å²) in [6.07, 6.45) is 13.2. The Hall–Kier alpha value is -0.160. The SMILES string of the molecule is CC(C)C1C(C(C)C)C(C2CC2)N(CC2CC3CC2CC32COC(C3CCCCC3)OC2)C1O. The predicted octanol–water partition coefficient (Wildman–Crippen LogP) is 5.93. The summed E-state index contributed by atoms with van der Waals surface area (Å²) in [5.41, 5.74) is 0.285. The van der Waals surface area contributed by atoms with Gasteiger partial charge in [0.05, 0.1) is 13.2 Å². The van der Waals surface area contributed by atoms with Crippen molar-refractivity contribution in [3.63, 3.8) is 0 Å². The van der Waals surface area contributed by atoms with Crippen LogP contribution in [0.15, 0.2) is 0 Å². The molecule has 7 unspecified atom stereocenters. The lowest BCUT2D eigenvalue weighted by atomic mass is 9.70. The number of fused-ring (bicyclic) bond motifs is 3. The summed E-state index contributed by atoms with van der Waals surface area (Å²) in [7, 11) is 0. The molecule has 0 amide bonds. The number of hydrogen-bond acceptors (Lipinski definition) is 4. The number of nitrogens with zero attached hydrogens (tertiary/aromatic N) is 1. The van der Waals surface area contributed by atoms with Crippen molar-refractivity contribution in [2.45, 2.75) is 110 Å². The predicted molar refractivity (Wildman–Crippen MR) is 135 cm³/mol. The van der Waals surface area contributed by atoms with Crippen LogP contribution in [0.5, 0.6) is 0 Å². The van der Waals surface area contributed by atoms with Crippen molar-refractivity contribution in [3.8, 4) is 0 Å². The van der Waals surface area contributed by atoms with Gasteiger partial charge in [0, 0.05) is 29.8 Å². The Labute approximate surface area is 208 Å². The molecule has 4 nitrogen and oxygen atoms in total. The molecule has 6 fully saturated rings. The Balaban J connectivity index is 1.10. The van der Waals surface area contributed by atoms with Crippen LogP contribution in [-0.4, -0.2) is 48.3 Å². The lowest BCUT2D eigenvalue weighted by Crippen LogP contribution is -2.49. The van der Waals surface area contributed by atoms with Crippen molar-refractivity contribution in [2.24, 2.45) is 58.7 Å². The van der Waals surface area contributed by atoms with Gasteiger partial charge in [-0.05, 0) is 86.4 Å². The van der Waals surface area contributed by atoms with E-state index in [1.165, 1.54) is 64.2 Å². The van der Waals surface area contributed by atoms with Gasteiger partial charge < -0.3 is 14.6 Å². The van der Waals surface area contributed by atoms with E-state index in [9.17, 15) is 5.11 Å². The molecule has 0 aromatic heterocycles. The average molecular weight is 474 g/mol. The highest BCUT2D eigenvalue weighted by Gasteiger charge is 2.60.